The highest BCUT2D eigenvalue weighted by atomic mass is 32.1. The molecule has 0 spiro atoms. The van der Waals surface area contributed by atoms with Gasteiger partial charge < -0.3 is 14.7 Å². The van der Waals surface area contributed by atoms with Crippen molar-refractivity contribution >= 4 is 23.7 Å². The fourth-order valence-corrected chi connectivity index (χ4v) is 3.03. The Kier molecular flexibility index (Phi) is 5.08. The SMILES string of the molecule is CN(C)Cc1nc(CC(=O)N2CCN(C=O)CC2)cs1. The van der Waals surface area contributed by atoms with E-state index >= 15 is 0 Å². The van der Waals surface area contributed by atoms with E-state index in [0.29, 0.717) is 32.6 Å². The summed E-state index contributed by atoms with van der Waals surface area (Å²) in [6.07, 6.45) is 1.20. The third-order valence-corrected chi connectivity index (χ3v) is 4.08. The second-order valence-corrected chi connectivity index (χ2v) is 6.11. The van der Waals surface area contributed by atoms with Crippen molar-refractivity contribution in [3.05, 3.63) is 16.1 Å². The second kappa shape index (κ2) is 6.81. The lowest BCUT2D eigenvalue weighted by Crippen LogP contribution is -2.48. The first-order valence-electron chi connectivity index (χ1n) is 6.63. The van der Waals surface area contributed by atoms with E-state index in [1.54, 1.807) is 16.2 Å². The van der Waals surface area contributed by atoms with Crippen LogP contribution in [0.5, 0.6) is 0 Å². The van der Waals surface area contributed by atoms with Crippen LogP contribution in [0, 0.1) is 0 Å². The van der Waals surface area contributed by atoms with Crippen molar-refractivity contribution in [3.63, 3.8) is 0 Å². The molecule has 1 aromatic rings. The van der Waals surface area contributed by atoms with Gasteiger partial charge in [0.25, 0.3) is 0 Å². The van der Waals surface area contributed by atoms with Gasteiger partial charge in [-0.25, -0.2) is 4.98 Å². The van der Waals surface area contributed by atoms with Gasteiger partial charge in [-0.1, -0.05) is 0 Å². The molecule has 1 saturated heterocycles. The number of hydrogen-bond acceptors (Lipinski definition) is 5. The lowest BCUT2D eigenvalue weighted by atomic mass is 10.2. The fraction of sp³-hybridized carbons (Fsp3) is 0.615. The van der Waals surface area contributed by atoms with Gasteiger partial charge in [-0.05, 0) is 14.1 Å². The predicted octanol–water partition coefficient (Wildman–Crippen LogP) is 0.0478. The van der Waals surface area contributed by atoms with Gasteiger partial charge in [0.15, 0.2) is 0 Å². The first-order chi connectivity index (χ1) is 9.58. The molecule has 1 aromatic heterocycles. The maximum atomic E-state index is 12.2. The molecule has 0 aliphatic carbocycles. The molecule has 6 nitrogen and oxygen atoms in total. The quantitative estimate of drug-likeness (QED) is 0.720. The number of amides is 2. The zero-order valence-corrected chi connectivity index (χ0v) is 12.7. The Morgan fingerprint density at radius 1 is 1.40 bits per heavy atom. The largest absolute Gasteiger partial charge is 0.342 e. The predicted molar refractivity (Wildman–Crippen MR) is 77.4 cm³/mol. The van der Waals surface area contributed by atoms with E-state index in [4.69, 9.17) is 0 Å². The van der Waals surface area contributed by atoms with Crippen molar-refractivity contribution in [3.8, 4) is 0 Å². The van der Waals surface area contributed by atoms with Crippen molar-refractivity contribution in [2.45, 2.75) is 13.0 Å². The van der Waals surface area contributed by atoms with Crippen molar-refractivity contribution in [1.29, 1.82) is 0 Å². The molecule has 2 amide bonds. The maximum absolute atomic E-state index is 12.2. The lowest BCUT2D eigenvalue weighted by Gasteiger charge is -2.32. The van der Waals surface area contributed by atoms with Gasteiger partial charge in [0.1, 0.15) is 5.01 Å². The summed E-state index contributed by atoms with van der Waals surface area (Å²) in [5, 5.41) is 2.99. The van der Waals surface area contributed by atoms with E-state index in [-0.39, 0.29) is 5.91 Å². The normalized spacial score (nSPS) is 15.8. The van der Waals surface area contributed by atoms with Crippen molar-refractivity contribution in [1.82, 2.24) is 19.7 Å². The van der Waals surface area contributed by atoms with Gasteiger partial charge in [0.05, 0.1) is 12.1 Å². The second-order valence-electron chi connectivity index (χ2n) is 5.17. The molecule has 0 aromatic carbocycles. The van der Waals surface area contributed by atoms with Crippen LogP contribution in [-0.4, -0.2) is 72.3 Å². The van der Waals surface area contributed by atoms with Gasteiger partial charge >= 0.3 is 0 Å². The van der Waals surface area contributed by atoms with E-state index < -0.39 is 0 Å². The maximum Gasteiger partial charge on any atom is 0.228 e. The zero-order chi connectivity index (χ0) is 14.5. The molecule has 7 heteroatoms. The molecular weight excluding hydrogens is 276 g/mol. The van der Waals surface area contributed by atoms with Crippen molar-refractivity contribution in [2.75, 3.05) is 40.3 Å². The summed E-state index contributed by atoms with van der Waals surface area (Å²) < 4.78 is 0. The van der Waals surface area contributed by atoms with E-state index in [9.17, 15) is 9.59 Å². The summed E-state index contributed by atoms with van der Waals surface area (Å²) in [5.41, 5.74) is 0.842. The van der Waals surface area contributed by atoms with Crippen LogP contribution in [0.2, 0.25) is 0 Å². The van der Waals surface area contributed by atoms with Crippen molar-refractivity contribution in [2.24, 2.45) is 0 Å². The summed E-state index contributed by atoms with van der Waals surface area (Å²) in [4.78, 5) is 32.8. The Morgan fingerprint density at radius 3 is 2.70 bits per heavy atom. The Balaban J connectivity index is 1.85. The number of rotatable bonds is 5. The summed E-state index contributed by atoms with van der Waals surface area (Å²) >= 11 is 1.59. The third kappa shape index (κ3) is 4.01. The van der Waals surface area contributed by atoms with Crippen LogP contribution in [0.4, 0.5) is 0 Å². The molecule has 0 saturated carbocycles. The van der Waals surface area contributed by atoms with E-state index in [0.717, 1.165) is 23.7 Å². The molecule has 1 aliphatic heterocycles. The Bertz CT molecular complexity index is 467. The summed E-state index contributed by atoms with van der Waals surface area (Å²) in [5.74, 6) is 0.0947. The number of carbonyl (C=O) groups is 2. The van der Waals surface area contributed by atoms with Crippen molar-refractivity contribution < 1.29 is 9.59 Å². The summed E-state index contributed by atoms with van der Waals surface area (Å²) in [6, 6.07) is 0. The van der Waals surface area contributed by atoms with Crippen LogP contribution in [0.1, 0.15) is 10.7 Å². The lowest BCUT2D eigenvalue weighted by molar-refractivity contribution is -0.134. The van der Waals surface area contributed by atoms with Gasteiger partial charge in [-0.15, -0.1) is 11.3 Å². The molecule has 0 bridgehead atoms. The van der Waals surface area contributed by atoms with E-state index in [1.807, 2.05) is 24.4 Å². The molecule has 1 aliphatic rings. The van der Waals surface area contributed by atoms with Gasteiger partial charge in [0, 0.05) is 38.1 Å². The molecule has 2 heterocycles. The minimum atomic E-state index is 0.0947. The third-order valence-electron chi connectivity index (χ3n) is 3.20. The number of thiazole rings is 1. The zero-order valence-electron chi connectivity index (χ0n) is 11.9. The monoisotopic (exact) mass is 296 g/mol. The number of hydrogen-bond donors (Lipinski definition) is 0. The van der Waals surface area contributed by atoms with Crippen LogP contribution >= 0.6 is 11.3 Å². The highest BCUT2D eigenvalue weighted by molar-refractivity contribution is 7.09. The first-order valence-corrected chi connectivity index (χ1v) is 7.51. The Labute approximate surface area is 123 Å². The van der Waals surface area contributed by atoms with Gasteiger partial charge in [-0.3, -0.25) is 9.59 Å². The standard InChI is InChI=1S/C13H20N4O2S/c1-15(2)8-12-14-11(9-20-12)7-13(19)17-5-3-16(10-18)4-6-17/h9-10H,3-8H2,1-2H3. The topological polar surface area (TPSA) is 56.8 Å². The molecule has 20 heavy (non-hydrogen) atoms. The Morgan fingerprint density at radius 2 is 2.10 bits per heavy atom. The molecule has 0 atom stereocenters. The van der Waals surface area contributed by atoms with Crippen LogP contribution in [0.15, 0.2) is 5.38 Å². The highest BCUT2D eigenvalue weighted by Gasteiger charge is 2.20. The van der Waals surface area contributed by atoms with Crippen LogP contribution in [0.25, 0.3) is 0 Å². The van der Waals surface area contributed by atoms with Crippen LogP contribution in [0.3, 0.4) is 0 Å². The minimum absolute atomic E-state index is 0.0947. The summed E-state index contributed by atoms with van der Waals surface area (Å²) in [6.45, 7) is 3.28. The smallest absolute Gasteiger partial charge is 0.228 e. The van der Waals surface area contributed by atoms with Gasteiger partial charge in [0.2, 0.25) is 12.3 Å². The minimum Gasteiger partial charge on any atom is -0.342 e. The summed E-state index contributed by atoms with van der Waals surface area (Å²) in [7, 11) is 4.00. The number of aromatic nitrogens is 1. The average molecular weight is 296 g/mol. The molecule has 2 rings (SSSR count). The highest BCUT2D eigenvalue weighted by Crippen LogP contribution is 2.13. The average Bonchev–Trinajstić information content (AvgIpc) is 2.85. The van der Waals surface area contributed by atoms with Crippen LogP contribution < -0.4 is 0 Å². The fourth-order valence-electron chi connectivity index (χ4n) is 2.12. The first kappa shape index (κ1) is 14.9. The van der Waals surface area contributed by atoms with E-state index in [2.05, 4.69) is 9.88 Å². The molecule has 0 N–H and O–H groups in total. The number of carbonyl (C=O) groups excluding carboxylic acids is 2. The van der Waals surface area contributed by atoms with Crippen LogP contribution in [-0.2, 0) is 22.6 Å². The Hall–Kier alpha value is -1.47. The molecular formula is C13H20N4O2S. The number of nitrogens with zero attached hydrogens (tertiary/aromatic N) is 4. The number of piperazine rings is 1. The molecule has 1 fully saturated rings. The molecule has 0 unspecified atom stereocenters. The molecule has 110 valence electrons. The van der Waals surface area contributed by atoms with E-state index in [1.165, 1.54) is 0 Å². The van der Waals surface area contributed by atoms with Gasteiger partial charge in [-0.2, -0.15) is 0 Å². The molecule has 0 radical (unpaired) electrons.